The van der Waals surface area contributed by atoms with Gasteiger partial charge in [0.05, 0.1) is 14.2 Å². The first-order valence-electron chi connectivity index (χ1n) is 7.33. The number of furan rings is 1. The monoisotopic (exact) mass is 317 g/mol. The summed E-state index contributed by atoms with van der Waals surface area (Å²) in [6.07, 6.45) is 0. The third kappa shape index (κ3) is 4.43. The Bertz CT molecular complexity index is 676. The Morgan fingerprint density at radius 2 is 1.83 bits per heavy atom. The van der Waals surface area contributed by atoms with Crippen molar-refractivity contribution >= 4 is 11.9 Å². The third-order valence-corrected chi connectivity index (χ3v) is 3.47. The molecule has 0 saturated carbocycles. The highest BCUT2D eigenvalue weighted by Gasteiger charge is 2.14. The van der Waals surface area contributed by atoms with Crippen LogP contribution in [0.3, 0.4) is 0 Å². The van der Waals surface area contributed by atoms with Crippen molar-refractivity contribution in [3.05, 3.63) is 59.0 Å². The first-order chi connectivity index (χ1) is 11.0. The topological polar surface area (TPSA) is 73.0 Å². The van der Waals surface area contributed by atoms with Gasteiger partial charge in [-0.25, -0.2) is 4.79 Å². The zero-order valence-electron chi connectivity index (χ0n) is 13.5. The molecular formula is C17H21N2O4+. The highest BCUT2D eigenvalue weighted by atomic mass is 16.5. The van der Waals surface area contributed by atoms with Gasteiger partial charge < -0.3 is 19.4 Å². The number of ether oxygens (including phenoxy) is 1. The quantitative estimate of drug-likeness (QED) is 0.767. The first kappa shape index (κ1) is 16.8. The van der Waals surface area contributed by atoms with Crippen LogP contribution in [0.25, 0.3) is 0 Å². The van der Waals surface area contributed by atoms with E-state index in [1.807, 2.05) is 31.3 Å². The van der Waals surface area contributed by atoms with Gasteiger partial charge in [0, 0.05) is 18.2 Å². The number of rotatable bonds is 6. The molecule has 6 nitrogen and oxygen atoms in total. The van der Waals surface area contributed by atoms with Crippen molar-refractivity contribution in [3.63, 3.8) is 0 Å². The summed E-state index contributed by atoms with van der Waals surface area (Å²) in [4.78, 5) is 24.1. The Balaban J connectivity index is 1.94. The molecule has 1 aromatic heterocycles. The van der Waals surface area contributed by atoms with Crippen molar-refractivity contribution < 1.29 is 23.6 Å². The molecule has 1 atom stereocenters. The minimum absolute atomic E-state index is 0.0943. The Morgan fingerprint density at radius 1 is 1.13 bits per heavy atom. The van der Waals surface area contributed by atoms with Crippen LogP contribution in [-0.4, -0.2) is 33.1 Å². The number of carbonyl (C=O) groups excluding carboxylic acids is 2. The zero-order chi connectivity index (χ0) is 16.8. The SMILES string of the molecule is CNC(=O)c1ccc(C[NH+](C)Cc2ccc(C(=O)OC)o2)cc1. The minimum atomic E-state index is -0.473. The van der Waals surface area contributed by atoms with Gasteiger partial charge in [0.15, 0.2) is 5.76 Å². The number of quaternary nitrogens is 1. The van der Waals surface area contributed by atoms with E-state index in [0.717, 1.165) is 17.9 Å². The number of benzene rings is 1. The van der Waals surface area contributed by atoms with Crippen molar-refractivity contribution in [2.24, 2.45) is 0 Å². The molecule has 1 aromatic carbocycles. The molecule has 0 aliphatic rings. The van der Waals surface area contributed by atoms with Gasteiger partial charge in [0.2, 0.25) is 5.76 Å². The molecular weight excluding hydrogens is 296 g/mol. The molecule has 0 aliphatic carbocycles. The van der Waals surface area contributed by atoms with Crippen LogP contribution in [-0.2, 0) is 17.8 Å². The standard InChI is InChI=1S/C17H20N2O4/c1-18-16(20)13-6-4-12(5-7-13)10-19(2)11-14-8-9-15(23-14)17(21)22-3/h4-9H,10-11H2,1-3H3,(H,18,20)/p+1. The lowest BCUT2D eigenvalue weighted by Gasteiger charge is -2.12. The average molecular weight is 317 g/mol. The minimum Gasteiger partial charge on any atom is -0.463 e. The van der Waals surface area contributed by atoms with E-state index >= 15 is 0 Å². The van der Waals surface area contributed by atoms with Gasteiger partial charge in [-0.2, -0.15) is 0 Å². The molecule has 0 radical (unpaired) electrons. The average Bonchev–Trinajstić information content (AvgIpc) is 3.02. The molecule has 2 rings (SSSR count). The maximum Gasteiger partial charge on any atom is 0.373 e. The van der Waals surface area contributed by atoms with Gasteiger partial charge in [0.25, 0.3) is 5.91 Å². The fraction of sp³-hybridized carbons (Fsp3) is 0.294. The van der Waals surface area contributed by atoms with Crippen molar-refractivity contribution in [2.45, 2.75) is 13.1 Å². The molecule has 0 aliphatic heterocycles. The maximum atomic E-state index is 11.5. The van der Waals surface area contributed by atoms with Gasteiger partial charge in [-0.15, -0.1) is 0 Å². The van der Waals surface area contributed by atoms with E-state index in [2.05, 4.69) is 10.1 Å². The highest BCUT2D eigenvalue weighted by molar-refractivity contribution is 5.93. The van der Waals surface area contributed by atoms with Crippen molar-refractivity contribution in [1.82, 2.24) is 5.32 Å². The molecule has 0 fully saturated rings. The lowest BCUT2D eigenvalue weighted by molar-refractivity contribution is -0.908. The first-order valence-corrected chi connectivity index (χ1v) is 7.33. The number of hydrogen-bond acceptors (Lipinski definition) is 4. The summed E-state index contributed by atoms with van der Waals surface area (Å²) in [5, 5.41) is 2.60. The van der Waals surface area contributed by atoms with Crippen LogP contribution in [0.1, 0.15) is 32.2 Å². The normalized spacial score (nSPS) is 11.8. The second-order valence-electron chi connectivity index (χ2n) is 5.34. The van der Waals surface area contributed by atoms with Gasteiger partial charge in [-0.05, 0) is 24.3 Å². The zero-order valence-corrected chi connectivity index (χ0v) is 13.5. The molecule has 0 bridgehead atoms. The fourth-order valence-corrected chi connectivity index (χ4v) is 2.31. The number of amides is 1. The van der Waals surface area contributed by atoms with E-state index in [-0.39, 0.29) is 11.7 Å². The number of hydrogen-bond donors (Lipinski definition) is 2. The summed E-state index contributed by atoms with van der Waals surface area (Å²) in [5.74, 6) is 0.372. The predicted octanol–water partition coefficient (Wildman–Crippen LogP) is 0.641. The van der Waals surface area contributed by atoms with Crippen LogP contribution in [0.2, 0.25) is 0 Å². The van der Waals surface area contributed by atoms with Crippen LogP contribution in [0.15, 0.2) is 40.8 Å². The highest BCUT2D eigenvalue weighted by Crippen LogP contribution is 2.08. The summed E-state index contributed by atoms with van der Waals surface area (Å²) in [5.41, 5.74) is 1.76. The van der Waals surface area contributed by atoms with E-state index in [4.69, 9.17) is 4.42 Å². The molecule has 0 saturated heterocycles. The molecule has 6 heteroatoms. The lowest BCUT2D eigenvalue weighted by atomic mass is 10.1. The Morgan fingerprint density at radius 3 is 2.43 bits per heavy atom. The third-order valence-electron chi connectivity index (χ3n) is 3.47. The van der Waals surface area contributed by atoms with Crippen LogP contribution in [0.5, 0.6) is 0 Å². The van der Waals surface area contributed by atoms with Gasteiger partial charge in [0.1, 0.15) is 13.1 Å². The molecule has 2 N–H and O–H groups in total. The molecule has 23 heavy (non-hydrogen) atoms. The summed E-state index contributed by atoms with van der Waals surface area (Å²) in [6, 6.07) is 10.9. The molecule has 1 heterocycles. The van der Waals surface area contributed by atoms with Crippen LogP contribution in [0, 0.1) is 0 Å². The summed E-state index contributed by atoms with van der Waals surface area (Å²) < 4.78 is 10.1. The molecule has 2 aromatic rings. The van der Waals surface area contributed by atoms with Crippen LogP contribution in [0.4, 0.5) is 0 Å². The summed E-state index contributed by atoms with van der Waals surface area (Å²) in [7, 11) is 4.97. The Kier molecular flexibility index (Phi) is 5.54. The Hall–Kier alpha value is -2.60. The Labute approximate surface area is 135 Å². The van der Waals surface area contributed by atoms with Crippen molar-refractivity contribution in [3.8, 4) is 0 Å². The number of nitrogens with one attached hydrogen (secondary N) is 2. The molecule has 0 spiro atoms. The molecule has 122 valence electrons. The molecule has 1 unspecified atom stereocenters. The largest absolute Gasteiger partial charge is 0.463 e. The summed E-state index contributed by atoms with van der Waals surface area (Å²) >= 11 is 0. The fourth-order valence-electron chi connectivity index (χ4n) is 2.31. The smallest absolute Gasteiger partial charge is 0.373 e. The van der Waals surface area contributed by atoms with E-state index in [1.54, 1.807) is 19.2 Å². The van der Waals surface area contributed by atoms with E-state index in [9.17, 15) is 9.59 Å². The maximum absolute atomic E-state index is 11.5. The second kappa shape index (κ2) is 7.60. The second-order valence-corrected chi connectivity index (χ2v) is 5.34. The van der Waals surface area contributed by atoms with Gasteiger partial charge in [-0.3, -0.25) is 4.79 Å². The van der Waals surface area contributed by atoms with Crippen LogP contribution < -0.4 is 10.2 Å². The van der Waals surface area contributed by atoms with E-state index in [1.165, 1.54) is 12.0 Å². The number of esters is 1. The summed E-state index contributed by atoms with van der Waals surface area (Å²) in [6.45, 7) is 1.43. The van der Waals surface area contributed by atoms with Gasteiger partial charge in [-0.1, -0.05) is 12.1 Å². The van der Waals surface area contributed by atoms with Crippen LogP contribution >= 0.6 is 0 Å². The van der Waals surface area contributed by atoms with E-state index in [0.29, 0.717) is 12.1 Å². The van der Waals surface area contributed by atoms with Crippen molar-refractivity contribution in [2.75, 3.05) is 21.2 Å². The molecule has 1 amide bonds. The van der Waals surface area contributed by atoms with E-state index < -0.39 is 5.97 Å². The predicted molar refractivity (Wildman–Crippen MR) is 84.2 cm³/mol. The van der Waals surface area contributed by atoms with Crippen molar-refractivity contribution in [1.29, 1.82) is 0 Å². The number of carbonyl (C=O) groups is 2. The van der Waals surface area contributed by atoms with Gasteiger partial charge >= 0.3 is 5.97 Å². The lowest BCUT2D eigenvalue weighted by Crippen LogP contribution is -3.06. The number of methoxy groups -OCH3 is 1.